The minimum Gasteiger partial charge on any atom is -0.330 e. The van der Waals surface area contributed by atoms with Gasteiger partial charge in [-0.05, 0) is 31.0 Å². The van der Waals surface area contributed by atoms with Crippen molar-refractivity contribution in [3.05, 3.63) is 21.9 Å². The molecule has 18 heavy (non-hydrogen) atoms. The van der Waals surface area contributed by atoms with Crippen LogP contribution in [0.3, 0.4) is 0 Å². The van der Waals surface area contributed by atoms with Gasteiger partial charge < -0.3 is 11.1 Å². The van der Waals surface area contributed by atoms with E-state index >= 15 is 0 Å². The Labute approximate surface area is 117 Å². The summed E-state index contributed by atoms with van der Waals surface area (Å²) in [7, 11) is 0. The molecule has 0 aliphatic carbocycles. The van der Waals surface area contributed by atoms with Crippen molar-refractivity contribution in [1.82, 2.24) is 4.98 Å². The molecule has 0 aliphatic rings. The van der Waals surface area contributed by atoms with Crippen LogP contribution in [0.2, 0.25) is 10.3 Å². The van der Waals surface area contributed by atoms with E-state index in [1.165, 1.54) is 0 Å². The predicted molar refractivity (Wildman–Crippen MR) is 75.1 cm³/mol. The van der Waals surface area contributed by atoms with Gasteiger partial charge in [0.1, 0.15) is 5.15 Å². The van der Waals surface area contributed by atoms with Crippen LogP contribution in [0.15, 0.2) is 6.07 Å². The summed E-state index contributed by atoms with van der Waals surface area (Å²) in [6.07, 6.45) is 1.25. The van der Waals surface area contributed by atoms with E-state index in [1.807, 2.05) is 13.8 Å². The topological polar surface area (TPSA) is 68.0 Å². The first-order valence-electron chi connectivity index (χ1n) is 5.80. The monoisotopic (exact) mass is 289 g/mol. The molecule has 0 aliphatic heterocycles. The molecule has 1 aromatic heterocycles. The van der Waals surface area contributed by atoms with Crippen LogP contribution in [-0.4, -0.2) is 17.4 Å². The van der Waals surface area contributed by atoms with Crippen molar-refractivity contribution in [2.45, 2.75) is 26.7 Å². The summed E-state index contributed by atoms with van der Waals surface area (Å²) in [4.78, 5) is 15.7. The van der Waals surface area contributed by atoms with Crippen molar-refractivity contribution in [2.75, 3.05) is 11.9 Å². The summed E-state index contributed by atoms with van der Waals surface area (Å²) < 4.78 is 0. The standard InChI is InChI=1S/C12H17Cl2N3O/c1-3-8(6-15)5-10(18)17-11-7(2)4-9(13)16-12(11)14/h4,8H,3,5-6,15H2,1-2H3,(H,17,18). The molecule has 1 rings (SSSR count). The number of halogens is 2. The Hall–Kier alpha value is -0.840. The van der Waals surface area contributed by atoms with E-state index in [4.69, 9.17) is 28.9 Å². The Morgan fingerprint density at radius 1 is 1.56 bits per heavy atom. The lowest BCUT2D eigenvalue weighted by atomic mass is 10.0. The van der Waals surface area contributed by atoms with Gasteiger partial charge in [-0.2, -0.15) is 0 Å². The van der Waals surface area contributed by atoms with Crippen LogP contribution in [0.4, 0.5) is 5.69 Å². The fraction of sp³-hybridized carbons (Fsp3) is 0.500. The number of nitrogens with two attached hydrogens (primary N) is 1. The largest absolute Gasteiger partial charge is 0.330 e. The van der Waals surface area contributed by atoms with E-state index in [0.717, 1.165) is 12.0 Å². The minimum atomic E-state index is -0.110. The molecular weight excluding hydrogens is 273 g/mol. The van der Waals surface area contributed by atoms with Crippen molar-refractivity contribution >= 4 is 34.8 Å². The first kappa shape index (κ1) is 15.2. The molecule has 6 heteroatoms. The lowest BCUT2D eigenvalue weighted by Gasteiger charge is -2.14. The normalized spacial score (nSPS) is 12.3. The molecule has 3 N–H and O–H groups in total. The maximum atomic E-state index is 11.8. The van der Waals surface area contributed by atoms with Crippen molar-refractivity contribution in [3.63, 3.8) is 0 Å². The van der Waals surface area contributed by atoms with Crippen LogP contribution in [-0.2, 0) is 4.79 Å². The van der Waals surface area contributed by atoms with Gasteiger partial charge in [0.05, 0.1) is 5.69 Å². The minimum absolute atomic E-state index is 0.110. The van der Waals surface area contributed by atoms with Crippen molar-refractivity contribution in [3.8, 4) is 0 Å². The number of carbonyl (C=O) groups is 1. The Kier molecular flexibility index (Phi) is 5.85. The van der Waals surface area contributed by atoms with Crippen molar-refractivity contribution in [2.24, 2.45) is 11.7 Å². The van der Waals surface area contributed by atoms with Gasteiger partial charge >= 0.3 is 0 Å². The van der Waals surface area contributed by atoms with E-state index < -0.39 is 0 Å². The molecule has 0 saturated heterocycles. The Morgan fingerprint density at radius 3 is 2.72 bits per heavy atom. The van der Waals surface area contributed by atoms with E-state index in [9.17, 15) is 4.79 Å². The maximum absolute atomic E-state index is 11.8. The number of pyridine rings is 1. The Morgan fingerprint density at radius 2 is 2.22 bits per heavy atom. The highest BCUT2D eigenvalue weighted by Gasteiger charge is 2.14. The van der Waals surface area contributed by atoms with Crippen LogP contribution < -0.4 is 11.1 Å². The molecule has 0 radical (unpaired) electrons. The Bertz CT molecular complexity index is 410. The van der Waals surface area contributed by atoms with Crippen LogP contribution in [0, 0.1) is 12.8 Å². The molecule has 1 aromatic rings. The molecule has 0 bridgehead atoms. The first-order valence-corrected chi connectivity index (χ1v) is 6.56. The zero-order chi connectivity index (χ0) is 13.7. The molecule has 1 amide bonds. The quantitative estimate of drug-likeness (QED) is 0.819. The number of nitrogens with zero attached hydrogens (tertiary/aromatic N) is 1. The van der Waals surface area contributed by atoms with Crippen LogP contribution in [0.5, 0.6) is 0 Å². The van der Waals surface area contributed by atoms with Gasteiger partial charge in [-0.1, -0.05) is 36.5 Å². The fourth-order valence-corrected chi connectivity index (χ4v) is 2.17. The lowest BCUT2D eigenvalue weighted by molar-refractivity contribution is -0.117. The van der Waals surface area contributed by atoms with Crippen LogP contribution >= 0.6 is 23.2 Å². The number of anilines is 1. The fourth-order valence-electron chi connectivity index (χ4n) is 1.59. The number of rotatable bonds is 5. The maximum Gasteiger partial charge on any atom is 0.224 e. The van der Waals surface area contributed by atoms with E-state index in [0.29, 0.717) is 23.8 Å². The molecule has 1 atom stereocenters. The van der Waals surface area contributed by atoms with Gasteiger partial charge in [0.2, 0.25) is 5.91 Å². The smallest absolute Gasteiger partial charge is 0.224 e. The third kappa shape index (κ3) is 4.12. The van der Waals surface area contributed by atoms with E-state index in [-0.39, 0.29) is 17.0 Å². The molecule has 0 saturated carbocycles. The number of carbonyl (C=O) groups excluding carboxylic acids is 1. The number of hydrogen-bond acceptors (Lipinski definition) is 3. The molecule has 1 unspecified atom stereocenters. The van der Waals surface area contributed by atoms with Crippen LogP contribution in [0.25, 0.3) is 0 Å². The number of amides is 1. The summed E-state index contributed by atoms with van der Waals surface area (Å²) in [5.74, 6) is 0.0748. The van der Waals surface area contributed by atoms with Gasteiger partial charge in [0.25, 0.3) is 0 Å². The van der Waals surface area contributed by atoms with Gasteiger partial charge in [-0.15, -0.1) is 0 Å². The second-order valence-electron chi connectivity index (χ2n) is 4.19. The van der Waals surface area contributed by atoms with Gasteiger partial charge in [-0.3, -0.25) is 4.79 Å². The summed E-state index contributed by atoms with van der Waals surface area (Å²) in [5, 5.41) is 3.27. The molecule has 0 aromatic carbocycles. The SMILES string of the molecule is CCC(CN)CC(=O)Nc1c(C)cc(Cl)nc1Cl. The Balaban J connectivity index is 2.76. The van der Waals surface area contributed by atoms with Crippen LogP contribution in [0.1, 0.15) is 25.3 Å². The summed E-state index contributed by atoms with van der Waals surface area (Å²) in [6.45, 7) is 4.32. The number of aryl methyl sites for hydroxylation is 1. The molecule has 4 nitrogen and oxygen atoms in total. The average molecular weight is 290 g/mol. The predicted octanol–water partition coefficient (Wildman–Crippen LogP) is 3.01. The van der Waals surface area contributed by atoms with Gasteiger partial charge in [0.15, 0.2) is 5.15 Å². The van der Waals surface area contributed by atoms with E-state index in [2.05, 4.69) is 10.3 Å². The molecular formula is C12H17Cl2N3O. The lowest BCUT2D eigenvalue weighted by Crippen LogP contribution is -2.22. The molecule has 1 heterocycles. The third-order valence-corrected chi connectivity index (χ3v) is 3.26. The zero-order valence-electron chi connectivity index (χ0n) is 10.5. The molecule has 0 spiro atoms. The third-order valence-electron chi connectivity index (χ3n) is 2.79. The van der Waals surface area contributed by atoms with Crippen molar-refractivity contribution < 1.29 is 4.79 Å². The van der Waals surface area contributed by atoms with Crippen molar-refractivity contribution in [1.29, 1.82) is 0 Å². The highest BCUT2D eigenvalue weighted by Crippen LogP contribution is 2.26. The van der Waals surface area contributed by atoms with Gasteiger partial charge in [-0.25, -0.2) is 4.98 Å². The number of nitrogens with one attached hydrogen (secondary N) is 1. The summed E-state index contributed by atoms with van der Waals surface area (Å²) >= 11 is 11.7. The van der Waals surface area contributed by atoms with Gasteiger partial charge in [0, 0.05) is 6.42 Å². The molecule has 0 fully saturated rings. The summed E-state index contributed by atoms with van der Waals surface area (Å²) in [6, 6.07) is 1.66. The number of hydrogen-bond donors (Lipinski definition) is 2. The second-order valence-corrected chi connectivity index (χ2v) is 4.94. The highest BCUT2D eigenvalue weighted by molar-refractivity contribution is 6.34. The zero-order valence-corrected chi connectivity index (χ0v) is 12.0. The highest BCUT2D eigenvalue weighted by atomic mass is 35.5. The van der Waals surface area contributed by atoms with E-state index in [1.54, 1.807) is 6.07 Å². The number of aromatic nitrogens is 1. The average Bonchev–Trinajstić information content (AvgIpc) is 2.30. The first-order chi connectivity index (χ1) is 8.47. The second kappa shape index (κ2) is 6.92. The molecule has 100 valence electrons. The summed E-state index contributed by atoms with van der Waals surface area (Å²) in [5.41, 5.74) is 6.87.